The maximum Gasteiger partial charge on any atom is 0.123 e. The molecule has 5 heteroatoms. The number of nitrogens with zero attached hydrogens (tertiary/aromatic N) is 1. The summed E-state index contributed by atoms with van der Waals surface area (Å²) in [7, 11) is 0. The zero-order valence-corrected chi connectivity index (χ0v) is 10.2. The quantitative estimate of drug-likeness (QED) is 0.788. The van der Waals surface area contributed by atoms with E-state index in [-0.39, 0.29) is 5.82 Å². The van der Waals surface area contributed by atoms with Crippen LogP contribution in [0, 0.1) is 5.82 Å². The predicted octanol–water partition coefficient (Wildman–Crippen LogP) is 0.955. The van der Waals surface area contributed by atoms with Gasteiger partial charge in [-0.25, -0.2) is 4.39 Å². The molecule has 17 heavy (non-hydrogen) atoms. The summed E-state index contributed by atoms with van der Waals surface area (Å²) in [5.74, 6) is 0.644. The summed E-state index contributed by atoms with van der Waals surface area (Å²) in [5, 5.41) is 18.7. The molecule has 0 aromatic heterocycles. The van der Waals surface area contributed by atoms with Gasteiger partial charge in [-0.1, -0.05) is 0 Å². The molecule has 2 N–H and O–H groups in total. The molecule has 1 aromatic rings. The third-order valence-corrected chi connectivity index (χ3v) is 3.82. The summed E-state index contributed by atoms with van der Waals surface area (Å²) in [6, 6.07) is 6.42. The lowest BCUT2D eigenvalue weighted by molar-refractivity contribution is 0.0572. The van der Waals surface area contributed by atoms with E-state index in [4.69, 9.17) is 0 Å². The first-order chi connectivity index (χ1) is 8.15. The molecule has 3 nitrogen and oxygen atoms in total. The fraction of sp³-hybridized carbons (Fsp3) is 0.500. The smallest absolute Gasteiger partial charge is 0.123 e. The van der Waals surface area contributed by atoms with Gasteiger partial charge in [-0.05, 0) is 24.3 Å². The number of aliphatic hydroxyl groups is 2. The molecule has 1 heterocycles. The van der Waals surface area contributed by atoms with Crippen molar-refractivity contribution in [2.75, 3.05) is 25.4 Å². The van der Waals surface area contributed by atoms with Crippen LogP contribution in [-0.2, 0) is 0 Å². The Balaban J connectivity index is 1.71. The average Bonchev–Trinajstić information content (AvgIpc) is 2.61. The van der Waals surface area contributed by atoms with Gasteiger partial charge in [-0.2, -0.15) is 0 Å². The molecule has 1 aliphatic rings. The molecule has 1 aromatic carbocycles. The molecule has 0 spiro atoms. The maximum atomic E-state index is 12.7. The van der Waals surface area contributed by atoms with Crippen LogP contribution >= 0.6 is 11.8 Å². The van der Waals surface area contributed by atoms with Crippen molar-refractivity contribution in [2.24, 2.45) is 0 Å². The highest BCUT2D eigenvalue weighted by Gasteiger charge is 2.28. The normalized spacial score (nSPS) is 25.4. The van der Waals surface area contributed by atoms with Crippen LogP contribution in [0.4, 0.5) is 4.39 Å². The number of hydrogen-bond acceptors (Lipinski definition) is 4. The van der Waals surface area contributed by atoms with Gasteiger partial charge in [0.1, 0.15) is 5.82 Å². The molecular formula is C12H16FNO2S. The van der Waals surface area contributed by atoms with Gasteiger partial charge in [-0.15, -0.1) is 11.8 Å². The lowest BCUT2D eigenvalue weighted by Crippen LogP contribution is -2.24. The van der Waals surface area contributed by atoms with E-state index < -0.39 is 12.2 Å². The fourth-order valence-corrected chi connectivity index (χ4v) is 2.77. The molecule has 94 valence electrons. The Morgan fingerprint density at radius 2 is 1.76 bits per heavy atom. The van der Waals surface area contributed by atoms with Crippen LogP contribution in [0.1, 0.15) is 0 Å². The van der Waals surface area contributed by atoms with Crippen LogP contribution in [0.3, 0.4) is 0 Å². The van der Waals surface area contributed by atoms with Gasteiger partial charge in [0.05, 0.1) is 12.2 Å². The molecule has 0 unspecified atom stereocenters. The summed E-state index contributed by atoms with van der Waals surface area (Å²) in [6.07, 6.45) is -1.24. The molecule has 2 rings (SSSR count). The van der Waals surface area contributed by atoms with Crippen LogP contribution in [0.25, 0.3) is 0 Å². The Labute approximate surface area is 104 Å². The van der Waals surface area contributed by atoms with Gasteiger partial charge in [0, 0.05) is 30.3 Å². The Bertz CT molecular complexity index is 350. The second kappa shape index (κ2) is 5.82. The SMILES string of the molecule is O[C@@H]1CN(CCSc2ccc(F)cc2)C[C@@H]1O. The van der Waals surface area contributed by atoms with E-state index in [2.05, 4.69) is 0 Å². The highest BCUT2D eigenvalue weighted by atomic mass is 32.2. The molecule has 0 bridgehead atoms. The summed E-state index contributed by atoms with van der Waals surface area (Å²) in [5.41, 5.74) is 0. The van der Waals surface area contributed by atoms with Crippen LogP contribution in [0.2, 0.25) is 0 Å². The van der Waals surface area contributed by atoms with E-state index in [1.807, 2.05) is 4.90 Å². The first kappa shape index (κ1) is 12.8. The summed E-state index contributed by atoms with van der Waals surface area (Å²) in [4.78, 5) is 3.07. The highest BCUT2D eigenvalue weighted by Crippen LogP contribution is 2.19. The molecule has 0 aliphatic carbocycles. The van der Waals surface area contributed by atoms with Crippen molar-refractivity contribution >= 4 is 11.8 Å². The third-order valence-electron chi connectivity index (χ3n) is 2.82. The van der Waals surface area contributed by atoms with Crippen LogP contribution in [0.15, 0.2) is 29.2 Å². The van der Waals surface area contributed by atoms with Crippen LogP contribution in [-0.4, -0.2) is 52.7 Å². The van der Waals surface area contributed by atoms with Crippen molar-refractivity contribution in [1.29, 1.82) is 0 Å². The number of thioether (sulfide) groups is 1. The Kier molecular flexibility index (Phi) is 4.39. The lowest BCUT2D eigenvalue weighted by Gasteiger charge is -2.13. The van der Waals surface area contributed by atoms with E-state index in [9.17, 15) is 14.6 Å². The second-order valence-corrected chi connectivity index (χ2v) is 5.36. The minimum atomic E-state index is -0.620. The fourth-order valence-electron chi connectivity index (χ4n) is 1.85. The standard InChI is InChI=1S/C12H16FNO2S/c13-9-1-3-10(4-2-9)17-6-5-14-7-11(15)12(16)8-14/h1-4,11-12,15-16H,5-8H2/t11-,12+. The predicted molar refractivity (Wildman–Crippen MR) is 65.6 cm³/mol. The monoisotopic (exact) mass is 257 g/mol. The largest absolute Gasteiger partial charge is 0.389 e. The average molecular weight is 257 g/mol. The maximum absolute atomic E-state index is 12.7. The van der Waals surface area contributed by atoms with Gasteiger partial charge in [0.15, 0.2) is 0 Å². The summed E-state index contributed by atoms with van der Waals surface area (Å²) >= 11 is 1.65. The van der Waals surface area contributed by atoms with E-state index in [1.165, 1.54) is 12.1 Å². The van der Waals surface area contributed by atoms with E-state index in [0.717, 1.165) is 17.2 Å². The number of benzene rings is 1. The minimum absolute atomic E-state index is 0.222. The molecule has 2 atom stereocenters. The van der Waals surface area contributed by atoms with Crippen molar-refractivity contribution in [2.45, 2.75) is 17.1 Å². The van der Waals surface area contributed by atoms with Crippen molar-refractivity contribution in [1.82, 2.24) is 4.90 Å². The van der Waals surface area contributed by atoms with E-state index in [0.29, 0.717) is 13.1 Å². The van der Waals surface area contributed by atoms with Crippen molar-refractivity contribution in [3.8, 4) is 0 Å². The molecule has 0 saturated carbocycles. The van der Waals surface area contributed by atoms with Crippen molar-refractivity contribution in [3.63, 3.8) is 0 Å². The highest BCUT2D eigenvalue weighted by molar-refractivity contribution is 7.99. The first-order valence-electron chi connectivity index (χ1n) is 5.62. The topological polar surface area (TPSA) is 43.7 Å². The lowest BCUT2D eigenvalue weighted by atomic mass is 10.3. The molecule has 1 saturated heterocycles. The first-order valence-corrected chi connectivity index (χ1v) is 6.60. The van der Waals surface area contributed by atoms with Gasteiger partial charge in [-0.3, -0.25) is 4.90 Å². The second-order valence-electron chi connectivity index (χ2n) is 4.20. The summed E-state index contributed by atoms with van der Waals surface area (Å²) < 4.78 is 12.7. The van der Waals surface area contributed by atoms with Gasteiger partial charge < -0.3 is 10.2 Å². The molecule has 0 radical (unpaired) electrons. The summed E-state index contributed by atoms with van der Waals surface area (Å²) in [6.45, 7) is 1.88. The van der Waals surface area contributed by atoms with Crippen molar-refractivity contribution < 1.29 is 14.6 Å². The molecule has 0 amide bonds. The number of rotatable bonds is 4. The molecular weight excluding hydrogens is 241 g/mol. The van der Waals surface area contributed by atoms with E-state index >= 15 is 0 Å². The number of halogens is 1. The molecule has 1 fully saturated rings. The van der Waals surface area contributed by atoms with E-state index in [1.54, 1.807) is 23.9 Å². The van der Waals surface area contributed by atoms with Gasteiger partial charge in [0.2, 0.25) is 0 Å². The number of aliphatic hydroxyl groups excluding tert-OH is 2. The zero-order chi connectivity index (χ0) is 12.3. The number of likely N-dealkylation sites (tertiary alicyclic amines) is 1. The van der Waals surface area contributed by atoms with Crippen LogP contribution in [0.5, 0.6) is 0 Å². The minimum Gasteiger partial charge on any atom is -0.389 e. The van der Waals surface area contributed by atoms with Crippen LogP contribution < -0.4 is 0 Å². The Morgan fingerprint density at radius 3 is 2.35 bits per heavy atom. The molecule has 1 aliphatic heterocycles. The zero-order valence-electron chi connectivity index (χ0n) is 9.42. The number of hydrogen-bond donors (Lipinski definition) is 2. The Morgan fingerprint density at radius 1 is 1.18 bits per heavy atom. The van der Waals surface area contributed by atoms with Gasteiger partial charge in [0.25, 0.3) is 0 Å². The van der Waals surface area contributed by atoms with Crippen molar-refractivity contribution in [3.05, 3.63) is 30.1 Å². The Hall–Kier alpha value is -0.620. The third kappa shape index (κ3) is 3.67. The number of β-amino-alcohol motifs (C(OH)–C–C–N with tert-alkyl or cyclic N) is 2. The van der Waals surface area contributed by atoms with Gasteiger partial charge >= 0.3 is 0 Å².